The highest BCUT2D eigenvalue weighted by Gasteiger charge is 2.41. The maximum atomic E-state index is 6.41. The number of para-hydroxylation sites is 1. The maximum Gasteiger partial charge on any atom is 0.231 e. The van der Waals surface area contributed by atoms with Crippen LogP contribution in [0.4, 0.5) is 0 Å². The van der Waals surface area contributed by atoms with Gasteiger partial charge < -0.3 is 14.2 Å². The Balaban J connectivity index is 1.44. The molecule has 0 aromatic heterocycles. The Morgan fingerprint density at radius 1 is 0.897 bits per heavy atom. The number of benzene rings is 3. The molecule has 3 aliphatic rings. The molecule has 0 N–H and O–H groups in total. The number of rotatable bonds is 2. The van der Waals surface area contributed by atoms with Gasteiger partial charge in [-0.2, -0.15) is 5.10 Å². The molecule has 5 nitrogen and oxygen atoms in total. The molecular weight excluding hydrogens is 432 g/mol. The average molecular weight is 449 g/mol. The molecule has 3 heterocycles. The van der Waals surface area contributed by atoms with Crippen molar-refractivity contribution in [1.29, 1.82) is 0 Å². The Morgan fingerprint density at radius 3 is 2.62 bits per heavy atom. The van der Waals surface area contributed by atoms with Gasteiger partial charge in [0.15, 0.2) is 11.5 Å². The second-order valence-corrected chi connectivity index (χ2v) is 8.19. The van der Waals surface area contributed by atoms with Gasteiger partial charge in [-0.25, -0.2) is 5.01 Å². The Labute approximate surface area is 176 Å². The highest BCUT2D eigenvalue weighted by atomic mass is 79.9. The quantitative estimate of drug-likeness (QED) is 0.524. The van der Waals surface area contributed by atoms with Gasteiger partial charge in [0.1, 0.15) is 5.75 Å². The third-order valence-electron chi connectivity index (χ3n) is 5.56. The first-order valence-corrected chi connectivity index (χ1v) is 10.3. The first-order valence-electron chi connectivity index (χ1n) is 9.53. The molecule has 0 saturated carbocycles. The van der Waals surface area contributed by atoms with Crippen molar-refractivity contribution >= 4 is 21.6 Å². The van der Waals surface area contributed by atoms with Crippen molar-refractivity contribution in [3.63, 3.8) is 0 Å². The molecule has 0 saturated heterocycles. The van der Waals surface area contributed by atoms with E-state index in [0.717, 1.165) is 45.0 Å². The maximum absolute atomic E-state index is 6.41. The lowest BCUT2D eigenvalue weighted by atomic mass is 9.96. The van der Waals surface area contributed by atoms with Crippen LogP contribution < -0.4 is 14.2 Å². The van der Waals surface area contributed by atoms with Crippen molar-refractivity contribution in [2.75, 3.05) is 6.79 Å². The standard InChI is InChI=1S/C23H17BrN2O3/c24-16-8-5-14(6-9-16)18-12-19-17-3-1-2-4-20(17)29-23(26(19)25-18)15-7-10-21-22(11-15)28-13-27-21/h1-11,19,23H,12-13H2/t19-,23-/m1/s1. The number of hydrogen-bond acceptors (Lipinski definition) is 5. The summed E-state index contributed by atoms with van der Waals surface area (Å²) in [5.41, 5.74) is 4.35. The monoisotopic (exact) mass is 448 g/mol. The molecule has 6 heteroatoms. The zero-order chi connectivity index (χ0) is 19.4. The van der Waals surface area contributed by atoms with Gasteiger partial charge in [0, 0.05) is 22.0 Å². The van der Waals surface area contributed by atoms with Gasteiger partial charge in [0.25, 0.3) is 0 Å². The summed E-state index contributed by atoms with van der Waals surface area (Å²) in [6.07, 6.45) is 0.514. The van der Waals surface area contributed by atoms with Crippen molar-refractivity contribution in [1.82, 2.24) is 5.01 Å². The normalized spacial score (nSPS) is 21.3. The third kappa shape index (κ3) is 2.78. The Bertz CT molecular complexity index is 1130. The lowest BCUT2D eigenvalue weighted by Crippen LogP contribution is -2.33. The van der Waals surface area contributed by atoms with Gasteiger partial charge in [-0.3, -0.25) is 0 Å². The first kappa shape index (κ1) is 16.9. The van der Waals surface area contributed by atoms with Gasteiger partial charge in [-0.05, 0) is 42.0 Å². The molecule has 3 aromatic rings. The van der Waals surface area contributed by atoms with Crippen LogP contribution in [-0.4, -0.2) is 17.5 Å². The summed E-state index contributed by atoms with van der Waals surface area (Å²) < 4.78 is 18.5. The van der Waals surface area contributed by atoms with Crippen LogP contribution in [0.3, 0.4) is 0 Å². The Morgan fingerprint density at radius 2 is 1.72 bits per heavy atom. The minimum Gasteiger partial charge on any atom is -0.464 e. The second-order valence-electron chi connectivity index (χ2n) is 7.27. The molecule has 3 aliphatic heterocycles. The lowest BCUT2D eigenvalue weighted by Gasteiger charge is -2.38. The predicted octanol–water partition coefficient (Wildman–Crippen LogP) is 5.42. The van der Waals surface area contributed by atoms with Crippen LogP contribution in [0, 0.1) is 0 Å². The van der Waals surface area contributed by atoms with Crippen molar-refractivity contribution in [2.24, 2.45) is 5.10 Å². The van der Waals surface area contributed by atoms with E-state index in [2.05, 4.69) is 57.3 Å². The van der Waals surface area contributed by atoms with Crippen LogP contribution in [-0.2, 0) is 0 Å². The highest BCUT2D eigenvalue weighted by Crippen LogP contribution is 2.48. The molecule has 29 heavy (non-hydrogen) atoms. The minimum atomic E-state index is -0.322. The van der Waals surface area contributed by atoms with E-state index in [4.69, 9.17) is 19.3 Å². The first-order chi connectivity index (χ1) is 14.3. The minimum absolute atomic E-state index is 0.133. The van der Waals surface area contributed by atoms with Crippen LogP contribution in [0.5, 0.6) is 17.2 Å². The Kier molecular flexibility index (Phi) is 3.81. The molecule has 0 bridgehead atoms. The number of nitrogens with zero attached hydrogens (tertiary/aromatic N) is 2. The van der Waals surface area contributed by atoms with E-state index in [9.17, 15) is 0 Å². The molecule has 0 fully saturated rings. The van der Waals surface area contributed by atoms with E-state index in [1.165, 1.54) is 5.56 Å². The topological polar surface area (TPSA) is 43.3 Å². The molecule has 0 amide bonds. The second kappa shape index (κ2) is 6.52. The largest absolute Gasteiger partial charge is 0.464 e. The number of fused-ring (bicyclic) bond motifs is 4. The molecule has 0 spiro atoms. The van der Waals surface area contributed by atoms with Crippen molar-refractivity contribution in [2.45, 2.75) is 18.7 Å². The summed E-state index contributed by atoms with van der Waals surface area (Å²) in [6.45, 7) is 0.255. The van der Waals surface area contributed by atoms with Gasteiger partial charge in [-0.1, -0.05) is 46.3 Å². The Hall–Kier alpha value is -2.99. The zero-order valence-electron chi connectivity index (χ0n) is 15.4. The summed E-state index contributed by atoms with van der Waals surface area (Å²) in [7, 11) is 0. The summed E-state index contributed by atoms with van der Waals surface area (Å²) in [5.74, 6) is 2.42. The molecule has 144 valence electrons. The lowest BCUT2D eigenvalue weighted by molar-refractivity contribution is -0.0191. The van der Waals surface area contributed by atoms with E-state index >= 15 is 0 Å². The van der Waals surface area contributed by atoms with E-state index in [-0.39, 0.29) is 19.1 Å². The van der Waals surface area contributed by atoms with Gasteiger partial charge in [-0.15, -0.1) is 0 Å². The molecule has 0 unspecified atom stereocenters. The van der Waals surface area contributed by atoms with Gasteiger partial charge in [0.05, 0.1) is 11.8 Å². The smallest absolute Gasteiger partial charge is 0.231 e. The summed E-state index contributed by atoms with van der Waals surface area (Å²) in [5, 5.41) is 7.08. The number of hydrogen-bond donors (Lipinski definition) is 0. The van der Waals surface area contributed by atoms with E-state index in [1.54, 1.807) is 0 Å². The third-order valence-corrected chi connectivity index (χ3v) is 6.09. The highest BCUT2D eigenvalue weighted by molar-refractivity contribution is 9.10. The van der Waals surface area contributed by atoms with E-state index in [1.807, 2.05) is 30.3 Å². The van der Waals surface area contributed by atoms with Crippen molar-refractivity contribution in [3.8, 4) is 17.2 Å². The molecule has 6 rings (SSSR count). The van der Waals surface area contributed by atoms with Crippen LogP contribution in [0.2, 0.25) is 0 Å². The van der Waals surface area contributed by atoms with E-state index < -0.39 is 0 Å². The molecule has 2 atom stereocenters. The molecule has 0 radical (unpaired) electrons. The van der Waals surface area contributed by atoms with Crippen LogP contribution >= 0.6 is 15.9 Å². The molecule has 0 aliphatic carbocycles. The molecular formula is C23H17BrN2O3. The summed E-state index contributed by atoms with van der Waals surface area (Å²) in [6, 6.07) is 22.6. The van der Waals surface area contributed by atoms with Crippen molar-refractivity contribution in [3.05, 3.63) is 87.9 Å². The predicted molar refractivity (Wildman–Crippen MR) is 112 cm³/mol. The fourth-order valence-electron chi connectivity index (χ4n) is 4.14. The fourth-order valence-corrected chi connectivity index (χ4v) is 4.40. The van der Waals surface area contributed by atoms with Crippen LogP contribution in [0.25, 0.3) is 0 Å². The van der Waals surface area contributed by atoms with Crippen LogP contribution in [0.15, 0.2) is 76.3 Å². The summed E-state index contributed by atoms with van der Waals surface area (Å²) >= 11 is 3.51. The van der Waals surface area contributed by atoms with Gasteiger partial charge >= 0.3 is 0 Å². The average Bonchev–Trinajstić information content (AvgIpc) is 3.40. The SMILES string of the molecule is Brc1ccc(C2=NN3[C@H](C2)c2ccccc2O[C@@H]3c2ccc3c(c2)OCO3)cc1. The molecule has 3 aromatic carbocycles. The van der Waals surface area contributed by atoms with Crippen LogP contribution in [0.1, 0.15) is 35.4 Å². The number of ether oxygens (including phenoxy) is 3. The fraction of sp³-hybridized carbons (Fsp3) is 0.174. The van der Waals surface area contributed by atoms with E-state index in [0.29, 0.717) is 0 Å². The van der Waals surface area contributed by atoms with Gasteiger partial charge in [0.2, 0.25) is 13.0 Å². The zero-order valence-corrected chi connectivity index (χ0v) is 17.0. The van der Waals surface area contributed by atoms with Crippen molar-refractivity contribution < 1.29 is 14.2 Å². The number of halogens is 1. The number of hydrazone groups is 1. The summed E-state index contributed by atoms with van der Waals surface area (Å²) in [4.78, 5) is 0.